The summed E-state index contributed by atoms with van der Waals surface area (Å²) >= 11 is 4.01. The summed E-state index contributed by atoms with van der Waals surface area (Å²) in [5.41, 5.74) is 3.26. The fourth-order valence-electron chi connectivity index (χ4n) is 2.39. The summed E-state index contributed by atoms with van der Waals surface area (Å²) in [6.07, 6.45) is 0.508. The molecule has 0 spiro atoms. The number of benzene rings is 2. The van der Waals surface area contributed by atoms with Crippen LogP contribution in [0.4, 0.5) is 0 Å². The van der Waals surface area contributed by atoms with Crippen molar-refractivity contribution in [3.63, 3.8) is 0 Å². The zero-order chi connectivity index (χ0) is 14.3. The van der Waals surface area contributed by atoms with Crippen LogP contribution in [0.2, 0.25) is 0 Å². The minimum atomic E-state index is 0.232. The molecule has 0 atom stereocenters. The highest BCUT2D eigenvalue weighted by Crippen LogP contribution is 2.38. The van der Waals surface area contributed by atoms with Gasteiger partial charge in [-0.3, -0.25) is 4.79 Å². The Morgan fingerprint density at radius 3 is 2.60 bits per heavy atom. The Morgan fingerprint density at radius 1 is 1.10 bits per heavy atom. The van der Waals surface area contributed by atoms with Crippen molar-refractivity contribution in [2.75, 3.05) is 0 Å². The summed E-state index contributed by atoms with van der Waals surface area (Å²) < 4.78 is 1.18. The largest absolute Gasteiger partial charge is 0.294 e. The molecule has 2 aromatic rings. The lowest BCUT2D eigenvalue weighted by Crippen LogP contribution is -2.04. The molecule has 1 nitrogen and oxygen atoms in total. The van der Waals surface area contributed by atoms with Gasteiger partial charge < -0.3 is 0 Å². The van der Waals surface area contributed by atoms with Gasteiger partial charge in [-0.05, 0) is 70.0 Å². The van der Waals surface area contributed by atoms with Crippen LogP contribution >= 0.6 is 34.4 Å². The maximum Gasteiger partial charge on any atom is 0.168 e. The molecule has 0 radical (unpaired) electrons. The molecule has 0 unspecified atom stereocenters. The number of carbonyl (C=O) groups excluding carboxylic acids is 1. The lowest BCUT2D eigenvalue weighted by molar-refractivity contribution is 0.0990. The Balaban J connectivity index is 2.10. The second-order valence-corrected chi connectivity index (χ2v) is 7.69. The predicted molar refractivity (Wildman–Crippen MR) is 91.8 cm³/mol. The van der Waals surface area contributed by atoms with Gasteiger partial charge in [-0.1, -0.05) is 31.7 Å². The highest BCUT2D eigenvalue weighted by atomic mass is 127. The van der Waals surface area contributed by atoms with Crippen LogP contribution in [0.5, 0.6) is 0 Å². The van der Waals surface area contributed by atoms with Crippen LogP contribution in [0.3, 0.4) is 0 Å². The first-order valence-corrected chi connectivity index (χ1v) is 8.57. The lowest BCUT2D eigenvalue weighted by atomic mass is 9.97. The highest BCUT2D eigenvalue weighted by Gasteiger charge is 2.21. The van der Waals surface area contributed by atoms with Gasteiger partial charge in [0.2, 0.25) is 0 Å². The number of ketones is 1. The monoisotopic (exact) mass is 394 g/mol. The van der Waals surface area contributed by atoms with E-state index in [4.69, 9.17) is 0 Å². The third-order valence-electron chi connectivity index (χ3n) is 3.56. The third-order valence-corrected chi connectivity index (χ3v) is 5.43. The molecule has 0 amide bonds. The first-order valence-electron chi connectivity index (χ1n) is 6.68. The molecule has 1 aliphatic rings. The van der Waals surface area contributed by atoms with E-state index >= 15 is 0 Å². The lowest BCUT2D eigenvalue weighted by Gasteiger charge is -2.10. The van der Waals surface area contributed by atoms with Gasteiger partial charge in [-0.15, -0.1) is 0 Å². The molecule has 1 heterocycles. The second kappa shape index (κ2) is 5.53. The normalized spacial score (nSPS) is 13.9. The number of halogens is 1. The van der Waals surface area contributed by atoms with Crippen molar-refractivity contribution in [3.05, 3.63) is 56.7 Å². The van der Waals surface area contributed by atoms with E-state index in [1.807, 2.05) is 0 Å². The second-order valence-electron chi connectivity index (χ2n) is 5.36. The Kier molecular flexibility index (Phi) is 3.91. The predicted octanol–water partition coefficient (Wildman–Crippen LogP) is 5.30. The van der Waals surface area contributed by atoms with E-state index in [0.717, 1.165) is 16.0 Å². The van der Waals surface area contributed by atoms with Crippen LogP contribution in [-0.2, 0) is 6.42 Å². The van der Waals surface area contributed by atoms with Crippen molar-refractivity contribution in [3.8, 4) is 0 Å². The molecule has 0 bridgehead atoms. The quantitative estimate of drug-likeness (QED) is 0.611. The zero-order valence-electron chi connectivity index (χ0n) is 11.4. The van der Waals surface area contributed by atoms with Gasteiger partial charge in [0.1, 0.15) is 0 Å². The topological polar surface area (TPSA) is 17.1 Å². The van der Waals surface area contributed by atoms with E-state index in [1.165, 1.54) is 14.0 Å². The fraction of sp³-hybridized carbons (Fsp3) is 0.235. The van der Waals surface area contributed by atoms with Gasteiger partial charge in [0.25, 0.3) is 0 Å². The number of Topliss-reactive ketones (excluding diaryl/α,β-unsaturated/α-hetero) is 1. The van der Waals surface area contributed by atoms with E-state index in [2.05, 4.69) is 72.8 Å². The van der Waals surface area contributed by atoms with Crippen LogP contribution in [0.1, 0.15) is 41.3 Å². The molecule has 1 aliphatic heterocycles. The molecule has 20 heavy (non-hydrogen) atoms. The van der Waals surface area contributed by atoms with Crippen LogP contribution in [0.25, 0.3) is 0 Å². The number of rotatable bonds is 1. The first kappa shape index (κ1) is 14.1. The minimum Gasteiger partial charge on any atom is -0.294 e. The smallest absolute Gasteiger partial charge is 0.168 e. The third kappa shape index (κ3) is 2.66. The Morgan fingerprint density at radius 2 is 1.85 bits per heavy atom. The summed E-state index contributed by atoms with van der Waals surface area (Å²) in [4.78, 5) is 14.8. The fourth-order valence-corrected chi connectivity index (χ4v) is 4.00. The SMILES string of the molecule is CC(C)c1ccc2c(c1)C(=O)Cc1cc(I)ccc1S2. The Labute approximate surface area is 137 Å². The Hall–Kier alpha value is -0.810. The van der Waals surface area contributed by atoms with E-state index in [1.54, 1.807) is 11.8 Å². The number of carbonyl (C=O) groups is 1. The van der Waals surface area contributed by atoms with Crippen molar-refractivity contribution in [1.29, 1.82) is 0 Å². The number of hydrogen-bond acceptors (Lipinski definition) is 2. The summed E-state index contributed by atoms with van der Waals surface area (Å²) in [6, 6.07) is 12.7. The van der Waals surface area contributed by atoms with Crippen molar-refractivity contribution in [2.45, 2.75) is 36.0 Å². The van der Waals surface area contributed by atoms with Gasteiger partial charge >= 0.3 is 0 Å². The van der Waals surface area contributed by atoms with Crippen LogP contribution < -0.4 is 0 Å². The van der Waals surface area contributed by atoms with E-state index in [9.17, 15) is 4.79 Å². The molecule has 3 heteroatoms. The molecule has 2 aromatic carbocycles. The molecule has 0 N–H and O–H groups in total. The zero-order valence-corrected chi connectivity index (χ0v) is 14.4. The van der Waals surface area contributed by atoms with E-state index < -0.39 is 0 Å². The first-order chi connectivity index (χ1) is 9.54. The van der Waals surface area contributed by atoms with Crippen molar-refractivity contribution in [1.82, 2.24) is 0 Å². The maximum absolute atomic E-state index is 12.5. The summed E-state index contributed by atoms with van der Waals surface area (Å²) in [5, 5.41) is 0. The maximum atomic E-state index is 12.5. The van der Waals surface area contributed by atoms with Crippen molar-refractivity contribution < 1.29 is 4.79 Å². The molecule has 0 aromatic heterocycles. The van der Waals surface area contributed by atoms with Gasteiger partial charge in [-0.25, -0.2) is 0 Å². The van der Waals surface area contributed by atoms with Crippen LogP contribution in [-0.4, -0.2) is 5.78 Å². The summed E-state index contributed by atoms with van der Waals surface area (Å²) in [6.45, 7) is 4.32. The number of hydrogen-bond donors (Lipinski definition) is 0. The molecule has 0 aliphatic carbocycles. The molecule has 102 valence electrons. The van der Waals surface area contributed by atoms with Crippen LogP contribution in [0, 0.1) is 3.57 Å². The average molecular weight is 394 g/mol. The highest BCUT2D eigenvalue weighted by molar-refractivity contribution is 14.1. The molecule has 3 rings (SSSR count). The van der Waals surface area contributed by atoms with Gasteiger partial charge in [0, 0.05) is 25.3 Å². The molecule has 0 saturated heterocycles. The van der Waals surface area contributed by atoms with E-state index in [0.29, 0.717) is 12.3 Å². The molecular weight excluding hydrogens is 379 g/mol. The van der Waals surface area contributed by atoms with Crippen molar-refractivity contribution >= 4 is 40.1 Å². The van der Waals surface area contributed by atoms with Crippen molar-refractivity contribution in [2.24, 2.45) is 0 Å². The standard InChI is InChI=1S/C17H15IOS/c1-10(2)11-3-5-17-14(8-11)15(19)9-12-7-13(18)4-6-16(12)20-17/h3-8,10H,9H2,1-2H3. The minimum absolute atomic E-state index is 0.232. The Bertz CT molecular complexity index is 691. The molecular formula is C17H15IOS. The number of fused-ring (bicyclic) bond motifs is 2. The van der Waals surface area contributed by atoms with Gasteiger partial charge in [0.15, 0.2) is 5.78 Å². The summed E-state index contributed by atoms with van der Waals surface area (Å²) in [7, 11) is 0. The van der Waals surface area contributed by atoms with Crippen LogP contribution in [0.15, 0.2) is 46.2 Å². The molecule has 0 fully saturated rings. The average Bonchev–Trinajstić information content (AvgIpc) is 2.54. The summed E-state index contributed by atoms with van der Waals surface area (Å²) in [5.74, 6) is 0.681. The van der Waals surface area contributed by atoms with E-state index in [-0.39, 0.29) is 5.78 Å². The van der Waals surface area contributed by atoms with Gasteiger partial charge in [-0.2, -0.15) is 0 Å². The molecule has 0 saturated carbocycles. The van der Waals surface area contributed by atoms with Gasteiger partial charge in [0.05, 0.1) is 0 Å².